The molecular weight excluding hydrogens is 282 g/mol. The Bertz CT molecular complexity index is 393. The molecule has 1 aliphatic carbocycles. The summed E-state index contributed by atoms with van der Waals surface area (Å²) in [6, 6.07) is 5.37. The Morgan fingerprint density at radius 1 is 1.53 bits per heavy atom. The molecule has 1 aromatic carbocycles. The summed E-state index contributed by atoms with van der Waals surface area (Å²) >= 11 is 3.42. The van der Waals surface area contributed by atoms with Gasteiger partial charge in [-0.2, -0.15) is 0 Å². The van der Waals surface area contributed by atoms with E-state index in [0.29, 0.717) is 12.5 Å². The summed E-state index contributed by atoms with van der Waals surface area (Å²) < 4.78 is 6.50. The number of benzene rings is 1. The Balaban J connectivity index is 2.24. The average molecular weight is 300 g/mol. The van der Waals surface area contributed by atoms with Crippen LogP contribution < -0.4 is 10.5 Å². The van der Waals surface area contributed by atoms with Gasteiger partial charge >= 0.3 is 0 Å². The molecule has 3 nitrogen and oxygen atoms in total. The maximum atomic E-state index is 10.1. The fourth-order valence-electron chi connectivity index (χ4n) is 1.98. The topological polar surface area (TPSA) is 55.5 Å². The summed E-state index contributed by atoms with van der Waals surface area (Å²) in [4.78, 5) is 0. The van der Waals surface area contributed by atoms with Gasteiger partial charge in [-0.1, -0.05) is 15.9 Å². The normalized spacial score (nSPS) is 18.8. The van der Waals surface area contributed by atoms with Crippen LogP contribution in [-0.2, 0) is 0 Å². The van der Waals surface area contributed by atoms with Crippen LogP contribution in [0.5, 0.6) is 5.75 Å². The minimum Gasteiger partial charge on any atom is -0.494 e. The van der Waals surface area contributed by atoms with E-state index < -0.39 is 6.10 Å². The van der Waals surface area contributed by atoms with Gasteiger partial charge in [0.25, 0.3) is 0 Å². The summed E-state index contributed by atoms with van der Waals surface area (Å²) in [7, 11) is 0. The largest absolute Gasteiger partial charge is 0.494 e. The molecule has 17 heavy (non-hydrogen) atoms. The Kier molecular flexibility index (Phi) is 4.07. The van der Waals surface area contributed by atoms with Crippen molar-refractivity contribution in [2.75, 3.05) is 6.61 Å². The Morgan fingerprint density at radius 2 is 2.24 bits per heavy atom. The van der Waals surface area contributed by atoms with Gasteiger partial charge in [-0.15, -0.1) is 0 Å². The molecule has 0 radical (unpaired) electrons. The number of halogens is 1. The van der Waals surface area contributed by atoms with Crippen molar-refractivity contribution in [3.63, 3.8) is 0 Å². The molecule has 94 valence electrons. The Labute approximate surface area is 110 Å². The van der Waals surface area contributed by atoms with Crippen LogP contribution in [-0.4, -0.2) is 17.8 Å². The maximum absolute atomic E-state index is 10.1. The van der Waals surface area contributed by atoms with E-state index in [1.807, 2.05) is 25.1 Å². The first-order chi connectivity index (χ1) is 8.13. The lowest BCUT2D eigenvalue weighted by Crippen LogP contribution is -2.28. The number of hydrogen-bond donors (Lipinski definition) is 2. The van der Waals surface area contributed by atoms with E-state index in [4.69, 9.17) is 10.5 Å². The lowest BCUT2D eigenvalue weighted by molar-refractivity contribution is 0.121. The van der Waals surface area contributed by atoms with Crippen LogP contribution >= 0.6 is 15.9 Å². The number of ether oxygens (including phenoxy) is 1. The quantitative estimate of drug-likeness (QED) is 0.879. The summed E-state index contributed by atoms with van der Waals surface area (Å²) in [6.45, 7) is 2.54. The summed E-state index contributed by atoms with van der Waals surface area (Å²) in [5, 5.41) is 10.1. The molecule has 0 bridgehead atoms. The minimum atomic E-state index is -0.469. The van der Waals surface area contributed by atoms with Gasteiger partial charge in [-0.25, -0.2) is 0 Å². The molecule has 0 aromatic heterocycles. The number of aliphatic hydroxyl groups is 1. The Hall–Kier alpha value is -0.580. The highest BCUT2D eigenvalue weighted by atomic mass is 79.9. The highest BCUT2D eigenvalue weighted by Gasteiger charge is 2.35. The predicted octanol–water partition coefficient (Wildman–Crippen LogP) is 2.62. The minimum absolute atomic E-state index is 0.360. The van der Waals surface area contributed by atoms with Crippen molar-refractivity contribution < 1.29 is 9.84 Å². The fourth-order valence-corrected chi connectivity index (χ4v) is 2.36. The van der Waals surface area contributed by atoms with Crippen molar-refractivity contribution >= 4 is 15.9 Å². The van der Waals surface area contributed by atoms with Gasteiger partial charge in [0.05, 0.1) is 18.8 Å². The Morgan fingerprint density at radius 3 is 2.82 bits per heavy atom. The standard InChI is InChI=1S/C13H18BrNO2/c1-2-17-11-6-5-9(14)7-10(11)12(15)13(16)8-3-4-8/h5-8,12-13,16H,2-4,15H2,1H3/t12-,13+/m1/s1. The molecule has 1 aromatic rings. The number of nitrogens with two attached hydrogens (primary N) is 1. The van der Waals surface area contributed by atoms with Crippen LogP contribution in [0.3, 0.4) is 0 Å². The molecule has 4 heteroatoms. The van der Waals surface area contributed by atoms with Crippen molar-refractivity contribution in [2.24, 2.45) is 11.7 Å². The molecule has 0 spiro atoms. The molecule has 2 rings (SSSR count). The summed E-state index contributed by atoms with van der Waals surface area (Å²) in [5.74, 6) is 1.13. The molecule has 1 aliphatic rings. The predicted molar refractivity (Wildman–Crippen MR) is 71.0 cm³/mol. The van der Waals surface area contributed by atoms with Gasteiger partial charge in [-0.05, 0) is 43.9 Å². The van der Waals surface area contributed by atoms with Crippen LogP contribution in [0.2, 0.25) is 0 Å². The van der Waals surface area contributed by atoms with Crippen LogP contribution in [0.25, 0.3) is 0 Å². The zero-order valence-electron chi connectivity index (χ0n) is 9.90. The molecule has 3 N–H and O–H groups in total. The van der Waals surface area contributed by atoms with Gasteiger partial charge < -0.3 is 15.6 Å². The van der Waals surface area contributed by atoms with E-state index >= 15 is 0 Å². The molecule has 0 aliphatic heterocycles. The third-order valence-corrected chi connectivity index (χ3v) is 3.60. The molecule has 2 atom stereocenters. The van der Waals surface area contributed by atoms with Crippen LogP contribution in [0.15, 0.2) is 22.7 Å². The monoisotopic (exact) mass is 299 g/mol. The number of aliphatic hydroxyl groups excluding tert-OH is 1. The van der Waals surface area contributed by atoms with Crippen molar-refractivity contribution in [3.8, 4) is 5.75 Å². The number of rotatable bonds is 5. The zero-order chi connectivity index (χ0) is 12.4. The third-order valence-electron chi connectivity index (χ3n) is 3.10. The average Bonchev–Trinajstić information content (AvgIpc) is 3.14. The lowest BCUT2D eigenvalue weighted by Gasteiger charge is -2.21. The first-order valence-electron chi connectivity index (χ1n) is 5.99. The van der Waals surface area contributed by atoms with Gasteiger partial charge in [0, 0.05) is 10.0 Å². The summed E-state index contributed by atoms with van der Waals surface area (Å²) in [5.41, 5.74) is 7.00. The van der Waals surface area contributed by atoms with Crippen LogP contribution in [0.1, 0.15) is 31.4 Å². The maximum Gasteiger partial charge on any atom is 0.124 e. The first-order valence-corrected chi connectivity index (χ1v) is 6.78. The van der Waals surface area contributed by atoms with Gasteiger partial charge in [-0.3, -0.25) is 0 Å². The van der Waals surface area contributed by atoms with Crippen LogP contribution in [0.4, 0.5) is 0 Å². The highest BCUT2D eigenvalue weighted by molar-refractivity contribution is 9.10. The molecular formula is C13H18BrNO2. The molecule has 1 saturated carbocycles. The van der Waals surface area contributed by atoms with Crippen molar-refractivity contribution in [3.05, 3.63) is 28.2 Å². The van der Waals surface area contributed by atoms with E-state index in [0.717, 1.165) is 28.6 Å². The highest BCUT2D eigenvalue weighted by Crippen LogP contribution is 2.39. The van der Waals surface area contributed by atoms with Crippen molar-refractivity contribution in [1.82, 2.24) is 0 Å². The second kappa shape index (κ2) is 5.38. The smallest absolute Gasteiger partial charge is 0.124 e. The molecule has 0 heterocycles. The molecule has 0 saturated heterocycles. The van der Waals surface area contributed by atoms with Crippen molar-refractivity contribution in [1.29, 1.82) is 0 Å². The lowest BCUT2D eigenvalue weighted by atomic mass is 9.98. The number of hydrogen-bond acceptors (Lipinski definition) is 3. The fraction of sp³-hybridized carbons (Fsp3) is 0.538. The van der Waals surface area contributed by atoms with Crippen molar-refractivity contribution in [2.45, 2.75) is 31.9 Å². The first kappa shape index (κ1) is 12.9. The molecule has 0 amide bonds. The van der Waals surface area contributed by atoms with E-state index in [1.54, 1.807) is 0 Å². The van der Waals surface area contributed by atoms with E-state index in [2.05, 4.69) is 15.9 Å². The van der Waals surface area contributed by atoms with Gasteiger partial charge in [0.15, 0.2) is 0 Å². The zero-order valence-corrected chi connectivity index (χ0v) is 11.5. The van der Waals surface area contributed by atoms with E-state index in [1.165, 1.54) is 0 Å². The molecule has 1 fully saturated rings. The van der Waals surface area contributed by atoms with Gasteiger partial charge in [0.2, 0.25) is 0 Å². The van der Waals surface area contributed by atoms with E-state index in [9.17, 15) is 5.11 Å². The third kappa shape index (κ3) is 3.00. The second-order valence-corrected chi connectivity index (χ2v) is 5.38. The van der Waals surface area contributed by atoms with Gasteiger partial charge in [0.1, 0.15) is 5.75 Å². The SMILES string of the molecule is CCOc1ccc(Br)cc1[C@@H](N)[C@@H](O)C1CC1. The molecule has 0 unspecified atom stereocenters. The second-order valence-electron chi connectivity index (χ2n) is 4.47. The van der Waals surface area contributed by atoms with E-state index in [-0.39, 0.29) is 6.04 Å². The van der Waals surface area contributed by atoms with Crippen LogP contribution in [0, 0.1) is 5.92 Å². The summed E-state index contributed by atoms with van der Waals surface area (Å²) in [6.07, 6.45) is 1.68.